The highest BCUT2D eigenvalue weighted by Crippen LogP contribution is 2.40. The van der Waals surface area contributed by atoms with Crippen LogP contribution in [0.3, 0.4) is 0 Å². The van der Waals surface area contributed by atoms with Crippen LogP contribution in [0.15, 0.2) is 170 Å². The minimum absolute atomic E-state index is 0.125. The molecule has 2 aliphatic rings. The average Bonchev–Trinajstić information content (AvgIpc) is 0.805. The van der Waals surface area contributed by atoms with Crippen molar-refractivity contribution in [3.05, 3.63) is 226 Å². The second-order valence-electron chi connectivity index (χ2n) is 33.8. The number of nitrogens with two attached hydrogens (primary N) is 4. The molecule has 664 valence electrons. The molecular formula is C101H119N9O16. The van der Waals surface area contributed by atoms with Crippen LogP contribution in [0.1, 0.15) is 187 Å². The zero-order chi connectivity index (χ0) is 92.8. The maximum atomic E-state index is 12.8. The van der Waals surface area contributed by atoms with Crippen LogP contribution in [-0.4, -0.2) is 99.8 Å². The fourth-order valence-electron chi connectivity index (χ4n) is 15.2. The first kappa shape index (κ1) is 101. The Morgan fingerprint density at radius 1 is 0.452 bits per heavy atom. The Kier molecular flexibility index (Phi) is 40.5. The third-order valence-corrected chi connectivity index (χ3v) is 21.7. The third kappa shape index (κ3) is 31.4. The summed E-state index contributed by atoms with van der Waals surface area (Å²) in [5, 5.41) is 6.43. The first-order valence-electron chi connectivity index (χ1n) is 42.3. The summed E-state index contributed by atoms with van der Waals surface area (Å²) in [7, 11) is 0. The molecule has 2 aliphatic carbocycles. The number of nitrogens with one attached hydrogen (secondary N) is 1. The predicted octanol–water partition coefficient (Wildman–Crippen LogP) is 18.1. The minimum atomic E-state index is -0.584. The number of fused-ring (bicyclic) bond motifs is 4. The van der Waals surface area contributed by atoms with Gasteiger partial charge in [0, 0.05) is 82.3 Å². The summed E-state index contributed by atoms with van der Waals surface area (Å²) < 4.78 is 24.9. The molecule has 7 aromatic carbocycles. The van der Waals surface area contributed by atoms with Gasteiger partial charge in [-0.15, -0.1) is 0 Å². The van der Waals surface area contributed by atoms with Gasteiger partial charge in [0.25, 0.3) is 0 Å². The van der Waals surface area contributed by atoms with Gasteiger partial charge in [0.2, 0.25) is 5.91 Å². The zero-order valence-corrected chi connectivity index (χ0v) is 74.8. The molecule has 2 atom stereocenters. The predicted molar refractivity (Wildman–Crippen MR) is 486 cm³/mol. The Labute approximate surface area is 737 Å². The number of carbonyl (C=O) groups excluding carboxylic acids is 12. The van der Waals surface area contributed by atoms with Gasteiger partial charge in [-0.05, 0) is 266 Å². The number of benzene rings is 7. The number of nitrogens with zero attached hydrogens (tertiary/aromatic N) is 4. The first-order chi connectivity index (χ1) is 60.0. The van der Waals surface area contributed by atoms with Crippen LogP contribution in [0.25, 0.3) is 43.6 Å². The van der Waals surface area contributed by atoms with E-state index in [0.717, 1.165) is 141 Å². The van der Waals surface area contributed by atoms with Crippen molar-refractivity contribution in [1.29, 1.82) is 0 Å². The molecule has 0 radical (unpaired) electrons. The van der Waals surface area contributed by atoms with E-state index in [1.807, 2.05) is 203 Å². The highest BCUT2D eigenvalue weighted by molar-refractivity contribution is 5.99. The van der Waals surface area contributed by atoms with Gasteiger partial charge in [0.15, 0.2) is 5.78 Å². The van der Waals surface area contributed by atoms with Crippen LogP contribution in [0.5, 0.6) is 23.0 Å². The van der Waals surface area contributed by atoms with Crippen molar-refractivity contribution in [1.82, 2.24) is 25.3 Å². The van der Waals surface area contributed by atoms with E-state index in [0.29, 0.717) is 91.1 Å². The summed E-state index contributed by atoms with van der Waals surface area (Å²) in [6.07, 6.45) is 13.6. The number of hydrogen-bond acceptors (Lipinski definition) is 24. The number of nitrogen functional groups attached to an aromatic ring is 4. The second-order valence-corrected chi connectivity index (χ2v) is 33.8. The lowest BCUT2D eigenvalue weighted by Gasteiger charge is -2.33. The smallest absolute Gasteiger partial charge is 0.373 e. The third-order valence-electron chi connectivity index (χ3n) is 21.7. The van der Waals surface area contributed by atoms with E-state index in [1.165, 1.54) is 40.7 Å². The largest absolute Gasteiger partial charge is 0.493 e. The highest BCUT2D eigenvalue weighted by Gasteiger charge is 2.33. The highest BCUT2D eigenvalue weighted by atomic mass is 16.5. The van der Waals surface area contributed by atoms with Gasteiger partial charge in [0.1, 0.15) is 53.9 Å². The van der Waals surface area contributed by atoms with Crippen LogP contribution in [0.4, 0.5) is 22.7 Å². The van der Waals surface area contributed by atoms with E-state index in [9.17, 15) is 19.2 Å². The quantitative estimate of drug-likeness (QED) is 0.0314. The fourth-order valence-corrected chi connectivity index (χ4v) is 15.2. The lowest BCUT2D eigenvalue weighted by molar-refractivity contribution is -0.193. The molecule has 0 aliphatic heterocycles. The standard InChI is InChI=1S/C29H36N2O2.C24H28N2O2.C23H26N2O2.C21H29N3O2.4CO2/c1-18(2)14-26(32)21-13-12-19(3)23(16-21)17-22-8-5-6-10-27(22)33-28-11-7-9-25-29(28)24(30)15-20(4)31-25;1-16-8-10-18(11-9-16)12-13-22(27)24(3,4)15-28-21-7-5-6-20-23(21)19(25)14-17(2)26-20;1-16-14-18(24)22-19(25-16)10-7-11-20(22)27-15-23(2,3)21(26)13-12-17-8-5-4-6-9-17;1-13(2)23-21(25)16-9-7-15(8-10-16)12-26-19-6-4-5-18-20(19)17(22)11-14(3)24-18;4*2-1-3/h7,9,11-13,15-16,18,22,27H,5-6,8,10,14,17H2,1-4H3,(H2,30,31);5-11,14H,12-13,15H2,1-4H3,(H2,25,26);4-11,14H,12-13,15H2,1-3H3,(H2,24,25);4-6,11,13,15-16H,7-10,12H2,1-3H3,(H2,22,24)(H,23,25);;;;/t22-,27+;;;;;;;/m0......./s1. The monoisotopic (exact) mass is 1710 g/mol. The number of aryl methyl sites for hydroxylation is 8. The molecule has 25 nitrogen and oxygen atoms in total. The Morgan fingerprint density at radius 3 is 1.25 bits per heavy atom. The normalized spacial score (nSPS) is 14.3. The number of anilines is 4. The van der Waals surface area contributed by atoms with Gasteiger partial charge >= 0.3 is 24.6 Å². The van der Waals surface area contributed by atoms with Crippen LogP contribution in [-0.2, 0) is 72.0 Å². The zero-order valence-electron chi connectivity index (χ0n) is 74.8. The summed E-state index contributed by atoms with van der Waals surface area (Å²) in [5.74, 6) is 5.17. The van der Waals surface area contributed by atoms with Crippen molar-refractivity contribution in [2.75, 3.05) is 42.8 Å². The molecule has 0 unspecified atom stereocenters. The van der Waals surface area contributed by atoms with E-state index in [2.05, 4.69) is 89.3 Å². The molecule has 11 aromatic rings. The first-order valence-corrected chi connectivity index (χ1v) is 42.3. The Bertz CT molecular complexity index is 5560. The van der Waals surface area contributed by atoms with Crippen molar-refractivity contribution in [2.45, 2.75) is 199 Å². The number of pyridine rings is 4. The number of amides is 1. The van der Waals surface area contributed by atoms with Gasteiger partial charge in [-0.25, -0.2) is 0 Å². The van der Waals surface area contributed by atoms with Crippen LogP contribution < -0.4 is 47.2 Å². The number of ether oxygens (including phenoxy) is 4. The van der Waals surface area contributed by atoms with Crippen LogP contribution in [0.2, 0.25) is 0 Å². The van der Waals surface area contributed by atoms with E-state index >= 15 is 0 Å². The summed E-state index contributed by atoms with van der Waals surface area (Å²) >= 11 is 0. The van der Waals surface area contributed by atoms with Gasteiger partial charge < -0.3 is 47.2 Å². The molecular weight excluding hydrogens is 1600 g/mol. The topological polar surface area (TPSA) is 409 Å². The summed E-state index contributed by atoms with van der Waals surface area (Å²) in [6, 6.07) is 55.5. The Hall–Kier alpha value is -13.4. The number of hydrogen-bond donors (Lipinski definition) is 5. The summed E-state index contributed by atoms with van der Waals surface area (Å²) in [6.45, 7) is 29.1. The molecule has 2 saturated carbocycles. The number of carbonyl (C=O) groups is 4. The Morgan fingerprint density at radius 2 is 0.841 bits per heavy atom. The van der Waals surface area contributed by atoms with Crippen LogP contribution >= 0.6 is 0 Å². The molecule has 0 bridgehead atoms. The lowest BCUT2D eigenvalue weighted by atomic mass is 9.81. The van der Waals surface area contributed by atoms with Crippen molar-refractivity contribution in [3.8, 4) is 23.0 Å². The molecule has 4 aromatic heterocycles. The van der Waals surface area contributed by atoms with E-state index < -0.39 is 10.8 Å². The van der Waals surface area contributed by atoms with Crippen molar-refractivity contribution in [2.24, 2.45) is 34.5 Å². The molecule has 2 fully saturated rings. The van der Waals surface area contributed by atoms with Gasteiger partial charge in [-0.2, -0.15) is 38.4 Å². The molecule has 13 rings (SSSR count). The van der Waals surface area contributed by atoms with Crippen LogP contribution in [0, 0.1) is 76.0 Å². The SMILES string of the molecule is Cc1cc(N)c2c(OCC(C)(C)C(=O)CCc3ccccc3)cccc2n1.Cc1cc(N)c2c(OCC3CCC(C(=O)NC(C)C)CC3)cccc2n1.Cc1cc(N)c2c(O[C@@H]3CCCC[C@H]3Cc3cc(C(=O)CC(C)C)ccc3C)cccc2n1.Cc1ccc(CCC(=O)C(C)(C)COc2cccc3nc(C)cc(N)c23)cc1.O=C=O.O=C=O.O=C=O.O=C=O. The molecule has 25 heteroatoms. The van der Waals surface area contributed by atoms with E-state index in [4.69, 9.17) is 80.2 Å². The summed E-state index contributed by atoms with van der Waals surface area (Å²) in [4.78, 5) is 134. The van der Waals surface area contributed by atoms with Crippen molar-refractivity contribution in [3.63, 3.8) is 0 Å². The van der Waals surface area contributed by atoms with Gasteiger partial charge in [-0.3, -0.25) is 39.1 Å². The second kappa shape index (κ2) is 50.4. The molecule has 126 heavy (non-hydrogen) atoms. The van der Waals surface area contributed by atoms with Crippen molar-refractivity contribution < 1.29 is 76.5 Å². The molecule has 9 N–H and O–H groups in total. The lowest BCUT2D eigenvalue weighted by Crippen LogP contribution is -2.37. The number of aromatic nitrogens is 4. The molecule has 4 heterocycles. The summed E-state index contributed by atoms with van der Waals surface area (Å²) in [5.41, 5.74) is 40.3. The number of Topliss-reactive ketones (excluding diaryl/α,β-unsaturated/α-hetero) is 3. The molecule has 0 saturated heterocycles. The van der Waals surface area contributed by atoms with E-state index in [1.54, 1.807) is 0 Å². The van der Waals surface area contributed by atoms with Gasteiger partial charge in [-0.1, -0.05) is 117 Å². The number of ketones is 3. The fraction of sp³-hybridized carbons (Fsp3) is 0.386. The number of rotatable bonds is 26. The maximum Gasteiger partial charge on any atom is 0.373 e. The molecule has 1 amide bonds. The van der Waals surface area contributed by atoms with Crippen molar-refractivity contribution >= 4 is 114 Å². The minimum Gasteiger partial charge on any atom is -0.493 e. The Balaban J connectivity index is 0.000000249. The molecule has 0 spiro atoms. The maximum absolute atomic E-state index is 12.8. The van der Waals surface area contributed by atoms with E-state index in [-0.39, 0.29) is 65.9 Å². The average molecular weight is 1720 g/mol. The van der Waals surface area contributed by atoms with Gasteiger partial charge in [0.05, 0.1) is 61.0 Å².